The van der Waals surface area contributed by atoms with E-state index in [1.807, 2.05) is 42.5 Å². The van der Waals surface area contributed by atoms with Gasteiger partial charge in [0.1, 0.15) is 6.61 Å². The Hall–Kier alpha value is -2.66. The van der Waals surface area contributed by atoms with Crippen LogP contribution in [-0.2, 0) is 18.0 Å². The van der Waals surface area contributed by atoms with Crippen LogP contribution >= 0.6 is 0 Å². The fraction of sp³-hybridized carbons (Fsp3) is 0.176. The van der Waals surface area contributed by atoms with Gasteiger partial charge >= 0.3 is 6.09 Å². The molecule has 0 bridgehead atoms. The Bertz CT molecular complexity index is 610. The van der Waals surface area contributed by atoms with Crippen LogP contribution in [0, 0.1) is 0 Å². The third kappa shape index (κ3) is 5.38. The Balaban J connectivity index is 1.68. The van der Waals surface area contributed by atoms with Crippen molar-refractivity contribution in [2.45, 2.75) is 13.2 Å². The Morgan fingerprint density at radius 3 is 2.73 bits per heavy atom. The predicted octanol–water partition coefficient (Wildman–Crippen LogP) is 2.51. The molecule has 0 saturated heterocycles. The van der Waals surface area contributed by atoms with E-state index in [0.29, 0.717) is 12.2 Å². The lowest BCUT2D eigenvalue weighted by molar-refractivity contribution is 0.141. The zero-order valence-corrected chi connectivity index (χ0v) is 12.1. The molecule has 2 N–H and O–H groups in total. The number of carbonyl (C=O) groups is 1. The molecule has 22 heavy (non-hydrogen) atoms. The summed E-state index contributed by atoms with van der Waals surface area (Å²) in [5.74, 6) is 0. The van der Waals surface area contributed by atoms with Crippen molar-refractivity contribution in [3.05, 3.63) is 71.6 Å². The number of amides is 1. The second-order valence-electron chi connectivity index (χ2n) is 4.59. The highest BCUT2D eigenvalue weighted by molar-refractivity contribution is 5.67. The SMILES string of the molecule is O=C(NCC=Cc1ccc(CO)nc1)OCc1ccccc1. The number of aliphatic hydroxyl groups excluding tert-OH is 1. The smallest absolute Gasteiger partial charge is 0.407 e. The number of benzene rings is 1. The molecule has 1 aromatic heterocycles. The number of aromatic nitrogens is 1. The van der Waals surface area contributed by atoms with Crippen LogP contribution in [0.1, 0.15) is 16.8 Å². The summed E-state index contributed by atoms with van der Waals surface area (Å²) in [6.07, 6.45) is 4.85. The lowest BCUT2D eigenvalue weighted by Gasteiger charge is -2.05. The largest absolute Gasteiger partial charge is 0.445 e. The highest BCUT2D eigenvalue weighted by atomic mass is 16.5. The lowest BCUT2D eigenvalue weighted by atomic mass is 10.2. The number of carbonyl (C=O) groups excluding carboxylic acids is 1. The van der Waals surface area contributed by atoms with Crippen molar-refractivity contribution in [3.8, 4) is 0 Å². The van der Waals surface area contributed by atoms with Gasteiger partial charge < -0.3 is 15.2 Å². The molecular weight excluding hydrogens is 280 g/mol. The fourth-order valence-corrected chi connectivity index (χ4v) is 1.74. The number of ether oxygens (including phenoxy) is 1. The van der Waals surface area contributed by atoms with E-state index in [0.717, 1.165) is 11.1 Å². The van der Waals surface area contributed by atoms with Gasteiger partial charge in [-0.2, -0.15) is 0 Å². The van der Waals surface area contributed by atoms with Crippen LogP contribution in [0.5, 0.6) is 0 Å². The van der Waals surface area contributed by atoms with Gasteiger partial charge in [-0.05, 0) is 17.2 Å². The molecule has 5 nitrogen and oxygen atoms in total. The van der Waals surface area contributed by atoms with Crippen molar-refractivity contribution >= 4 is 12.2 Å². The molecule has 0 unspecified atom stereocenters. The van der Waals surface area contributed by atoms with Crippen molar-refractivity contribution < 1.29 is 14.6 Å². The third-order valence-corrected chi connectivity index (χ3v) is 2.90. The Morgan fingerprint density at radius 2 is 2.05 bits per heavy atom. The minimum absolute atomic E-state index is 0.0706. The summed E-state index contributed by atoms with van der Waals surface area (Å²) in [5.41, 5.74) is 2.47. The molecule has 1 aromatic carbocycles. The molecular formula is C17H18N2O3. The molecule has 2 aromatic rings. The molecule has 0 atom stereocenters. The van der Waals surface area contributed by atoms with Crippen LogP contribution in [0.4, 0.5) is 4.79 Å². The molecule has 1 amide bonds. The van der Waals surface area contributed by atoms with Gasteiger partial charge in [-0.1, -0.05) is 48.6 Å². The monoisotopic (exact) mass is 298 g/mol. The number of alkyl carbamates (subject to hydrolysis) is 1. The second-order valence-corrected chi connectivity index (χ2v) is 4.59. The molecule has 0 spiro atoms. The zero-order valence-electron chi connectivity index (χ0n) is 12.1. The van der Waals surface area contributed by atoms with Crippen LogP contribution in [0.15, 0.2) is 54.7 Å². The minimum Gasteiger partial charge on any atom is -0.445 e. The van der Waals surface area contributed by atoms with Gasteiger partial charge in [-0.25, -0.2) is 4.79 Å². The average Bonchev–Trinajstić information content (AvgIpc) is 2.58. The average molecular weight is 298 g/mol. The maximum absolute atomic E-state index is 11.5. The normalized spacial score (nSPS) is 10.6. The first-order valence-electron chi connectivity index (χ1n) is 6.95. The van der Waals surface area contributed by atoms with Gasteiger partial charge in [0.15, 0.2) is 0 Å². The van der Waals surface area contributed by atoms with Crippen LogP contribution in [0.25, 0.3) is 6.08 Å². The van der Waals surface area contributed by atoms with Crippen molar-refractivity contribution in [2.24, 2.45) is 0 Å². The minimum atomic E-state index is -0.456. The third-order valence-electron chi connectivity index (χ3n) is 2.90. The van der Waals surface area contributed by atoms with Crippen molar-refractivity contribution in [2.75, 3.05) is 6.54 Å². The first-order valence-corrected chi connectivity index (χ1v) is 6.95. The summed E-state index contributed by atoms with van der Waals surface area (Å²) in [6.45, 7) is 0.553. The van der Waals surface area contributed by atoms with E-state index >= 15 is 0 Å². The Morgan fingerprint density at radius 1 is 1.23 bits per heavy atom. The predicted molar refractivity (Wildman–Crippen MR) is 83.8 cm³/mol. The van der Waals surface area contributed by atoms with E-state index in [1.165, 1.54) is 0 Å². The summed E-state index contributed by atoms with van der Waals surface area (Å²) in [7, 11) is 0. The van der Waals surface area contributed by atoms with E-state index < -0.39 is 6.09 Å². The van der Waals surface area contributed by atoms with Crippen molar-refractivity contribution in [1.82, 2.24) is 10.3 Å². The standard InChI is InChI=1S/C17H18N2O3/c20-12-16-9-8-14(11-19-16)7-4-10-18-17(21)22-13-15-5-2-1-3-6-15/h1-9,11,20H,10,12-13H2,(H,18,21). The molecule has 0 radical (unpaired) electrons. The Kier molecular flexibility index (Phi) is 6.14. The highest BCUT2D eigenvalue weighted by Gasteiger charge is 2.00. The maximum Gasteiger partial charge on any atom is 0.407 e. The van der Waals surface area contributed by atoms with Gasteiger partial charge in [-0.15, -0.1) is 0 Å². The Labute approximate surface area is 129 Å². The molecule has 2 rings (SSSR count). The van der Waals surface area contributed by atoms with E-state index in [1.54, 1.807) is 18.3 Å². The van der Waals surface area contributed by atoms with Gasteiger partial charge in [-0.3, -0.25) is 4.98 Å². The molecule has 114 valence electrons. The molecule has 0 aliphatic carbocycles. The summed E-state index contributed by atoms with van der Waals surface area (Å²) in [4.78, 5) is 15.6. The number of hydrogen-bond donors (Lipinski definition) is 2. The fourth-order valence-electron chi connectivity index (χ4n) is 1.74. The number of pyridine rings is 1. The number of nitrogens with one attached hydrogen (secondary N) is 1. The van der Waals surface area contributed by atoms with E-state index in [-0.39, 0.29) is 13.2 Å². The molecule has 0 aliphatic rings. The van der Waals surface area contributed by atoms with Gasteiger partial charge in [0.2, 0.25) is 0 Å². The topological polar surface area (TPSA) is 71.5 Å². The van der Waals surface area contributed by atoms with Crippen molar-refractivity contribution in [3.63, 3.8) is 0 Å². The van der Waals surface area contributed by atoms with Crippen LogP contribution < -0.4 is 5.32 Å². The molecule has 5 heteroatoms. The summed E-state index contributed by atoms with van der Waals surface area (Å²) in [6, 6.07) is 13.1. The van der Waals surface area contributed by atoms with Crippen LogP contribution in [0.3, 0.4) is 0 Å². The molecule has 0 aliphatic heterocycles. The van der Waals surface area contributed by atoms with E-state index in [4.69, 9.17) is 9.84 Å². The molecule has 1 heterocycles. The number of aliphatic hydroxyl groups is 1. The van der Waals surface area contributed by atoms with Gasteiger partial charge in [0.25, 0.3) is 0 Å². The summed E-state index contributed by atoms with van der Waals surface area (Å²) in [5, 5.41) is 11.5. The number of rotatable bonds is 6. The van der Waals surface area contributed by atoms with Crippen LogP contribution in [-0.4, -0.2) is 22.7 Å². The summed E-state index contributed by atoms with van der Waals surface area (Å²) < 4.78 is 5.09. The quantitative estimate of drug-likeness (QED) is 0.859. The molecule has 0 saturated carbocycles. The molecule has 0 fully saturated rings. The maximum atomic E-state index is 11.5. The van der Waals surface area contributed by atoms with E-state index in [2.05, 4.69) is 10.3 Å². The van der Waals surface area contributed by atoms with Crippen LogP contribution in [0.2, 0.25) is 0 Å². The zero-order chi connectivity index (χ0) is 15.6. The second kappa shape index (κ2) is 8.59. The van der Waals surface area contributed by atoms with Gasteiger partial charge in [0.05, 0.1) is 12.3 Å². The first kappa shape index (κ1) is 15.7. The van der Waals surface area contributed by atoms with Gasteiger partial charge in [0, 0.05) is 12.7 Å². The number of nitrogens with zero attached hydrogens (tertiary/aromatic N) is 1. The lowest BCUT2D eigenvalue weighted by Crippen LogP contribution is -2.24. The number of hydrogen-bond acceptors (Lipinski definition) is 4. The highest BCUT2D eigenvalue weighted by Crippen LogP contribution is 2.02. The summed E-state index contributed by atoms with van der Waals surface area (Å²) >= 11 is 0. The van der Waals surface area contributed by atoms with Crippen molar-refractivity contribution in [1.29, 1.82) is 0 Å². The van der Waals surface area contributed by atoms with E-state index in [9.17, 15) is 4.79 Å². The first-order chi connectivity index (χ1) is 10.8.